The molecule has 0 aliphatic heterocycles. The molecular weight excluding hydrogens is 529 g/mol. The fourth-order valence-electron chi connectivity index (χ4n) is 2.63. The van der Waals surface area contributed by atoms with Crippen LogP contribution in [0.2, 0.25) is 5.02 Å². The summed E-state index contributed by atoms with van der Waals surface area (Å²) >= 11 is 5.87. The molecule has 2 aromatic heterocycles. The average molecular weight is 545 g/mol. The molecule has 0 fully saturated rings. The number of nitrogens with zero attached hydrogens (tertiary/aromatic N) is 2. The average Bonchev–Trinajstić information content (AvgIpc) is 2.65. The van der Waals surface area contributed by atoms with Crippen LogP contribution in [0.15, 0.2) is 58.1 Å². The number of hydrogen-bond acceptors (Lipinski definition) is 3. The smallest absolute Gasteiger partial charge is 0.161 e. The van der Waals surface area contributed by atoms with Crippen molar-refractivity contribution in [1.82, 2.24) is 9.13 Å². The van der Waals surface area contributed by atoms with Crippen molar-refractivity contribution >= 4 is 33.4 Å². The van der Waals surface area contributed by atoms with Crippen LogP contribution in [0.25, 0.3) is 21.8 Å². The molecule has 0 bridgehead atoms. The minimum absolute atomic E-state index is 0. The van der Waals surface area contributed by atoms with Gasteiger partial charge in [0, 0.05) is 79.5 Å². The van der Waals surface area contributed by atoms with Crippen molar-refractivity contribution in [2.24, 2.45) is 14.1 Å². The number of aryl methyl sites for hydroxylation is 2. The number of pyridine rings is 2. The Hall–Kier alpha value is -0.842. The van der Waals surface area contributed by atoms with Crippen LogP contribution in [-0.4, -0.2) is 14.2 Å². The van der Waals surface area contributed by atoms with Crippen LogP contribution in [0.3, 0.4) is 0 Å². The second-order valence-electron chi connectivity index (χ2n) is 5.68. The fraction of sp³-hybridized carbons (Fsp3) is 0.100. The normalized spacial score (nSPS) is 9.82. The van der Waals surface area contributed by atoms with E-state index in [1.807, 2.05) is 30.3 Å². The van der Waals surface area contributed by atoms with Crippen molar-refractivity contribution in [1.29, 1.82) is 0 Å². The van der Waals surface area contributed by atoms with Crippen molar-refractivity contribution in [3.63, 3.8) is 0 Å². The van der Waals surface area contributed by atoms with E-state index in [2.05, 4.69) is 12.1 Å². The molecular formula is C20H15ClN2O3Y2-2. The van der Waals surface area contributed by atoms with Gasteiger partial charge in [0.1, 0.15) is 0 Å². The molecule has 0 unspecified atom stereocenters. The number of halogens is 1. The SMILES string of the molecule is Cn1c(=O)[c-]c(Cl)c2ccccc21.Cn1c(=O)[c-]c(O)c2ccccc21.[Y].[Y]. The number of rotatable bonds is 0. The molecule has 2 radical (unpaired) electrons. The Morgan fingerprint density at radius 3 is 1.79 bits per heavy atom. The first kappa shape index (κ1) is 25.2. The predicted molar refractivity (Wildman–Crippen MR) is 103 cm³/mol. The molecule has 0 spiro atoms. The van der Waals surface area contributed by atoms with Crippen molar-refractivity contribution in [2.75, 3.05) is 0 Å². The zero-order chi connectivity index (χ0) is 18.8. The van der Waals surface area contributed by atoms with E-state index in [9.17, 15) is 14.7 Å². The van der Waals surface area contributed by atoms with Crippen LogP contribution in [0.4, 0.5) is 0 Å². The molecule has 2 aromatic carbocycles. The number of benzene rings is 2. The van der Waals surface area contributed by atoms with Crippen LogP contribution in [-0.2, 0) is 79.5 Å². The number of aromatic nitrogens is 2. The quantitative estimate of drug-likeness (QED) is 0.346. The van der Waals surface area contributed by atoms with Gasteiger partial charge in [-0.1, -0.05) is 36.4 Å². The molecule has 4 aromatic rings. The van der Waals surface area contributed by atoms with Crippen molar-refractivity contribution in [3.8, 4) is 5.75 Å². The summed E-state index contributed by atoms with van der Waals surface area (Å²) in [4.78, 5) is 22.5. The van der Waals surface area contributed by atoms with E-state index in [1.54, 1.807) is 32.3 Å². The van der Waals surface area contributed by atoms with E-state index in [-0.39, 0.29) is 82.3 Å². The Bertz CT molecular complexity index is 1140. The van der Waals surface area contributed by atoms with E-state index >= 15 is 0 Å². The van der Waals surface area contributed by atoms with Crippen molar-refractivity contribution < 1.29 is 70.5 Å². The minimum atomic E-state index is -0.323. The summed E-state index contributed by atoms with van der Waals surface area (Å²) < 4.78 is 2.98. The molecule has 0 amide bonds. The maximum absolute atomic E-state index is 11.3. The van der Waals surface area contributed by atoms with Crippen LogP contribution >= 0.6 is 11.6 Å². The van der Waals surface area contributed by atoms with Crippen LogP contribution < -0.4 is 11.1 Å². The number of aromatic hydroxyl groups is 1. The zero-order valence-electron chi connectivity index (χ0n) is 15.3. The third-order valence-corrected chi connectivity index (χ3v) is 4.37. The van der Waals surface area contributed by atoms with Gasteiger partial charge < -0.3 is 14.2 Å². The summed E-state index contributed by atoms with van der Waals surface area (Å²) in [6, 6.07) is 19.5. The maximum Gasteiger partial charge on any atom is 0.161 e. The van der Waals surface area contributed by atoms with Gasteiger partial charge in [0.2, 0.25) is 0 Å². The molecule has 0 aliphatic rings. The molecule has 8 heteroatoms. The first-order valence-corrected chi connectivity index (χ1v) is 8.14. The van der Waals surface area contributed by atoms with E-state index in [0.717, 1.165) is 10.9 Å². The van der Waals surface area contributed by atoms with Crippen LogP contribution in [0, 0.1) is 12.1 Å². The molecule has 5 nitrogen and oxygen atoms in total. The van der Waals surface area contributed by atoms with Crippen LogP contribution in [0.5, 0.6) is 5.75 Å². The first-order valence-electron chi connectivity index (χ1n) is 7.76. The predicted octanol–water partition coefficient (Wildman–Crippen LogP) is 3.03. The fourth-order valence-corrected chi connectivity index (χ4v) is 2.88. The standard InChI is InChI=1S/C10H7ClNO.C10H8NO2.2Y/c1-12-9-5-3-2-4-7(9)8(11)6-10(12)13;1-11-8-5-3-2-4-7(8)9(12)6-10(11)13;;/h2-5H,1H3;2-5,12H,1H3;;/q2*-1;;. The van der Waals surface area contributed by atoms with E-state index in [0.29, 0.717) is 15.9 Å². The molecule has 0 saturated carbocycles. The Balaban J connectivity index is 0.000000261. The van der Waals surface area contributed by atoms with Gasteiger partial charge >= 0.3 is 0 Å². The third-order valence-electron chi connectivity index (χ3n) is 4.07. The van der Waals surface area contributed by atoms with Crippen LogP contribution in [0.1, 0.15) is 0 Å². The topological polar surface area (TPSA) is 64.2 Å². The van der Waals surface area contributed by atoms with E-state index in [4.69, 9.17) is 11.6 Å². The first-order chi connectivity index (χ1) is 12.4. The second kappa shape index (κ2) is 10.8. The van der Waals surface area contributed by atoms with Gasteiger partial charge in [-0.3, -0.25) is 9.59 Å². The van der Waals surface area contributed by atoms with Gasteiger partial charge in [0.25, 0.3) is 0 Å². The second-order valence-corrected chi connectivity index (χ2v) is 6.05. The molecule has 0 atom stereocenters. The molecule has 1 N–H and O–H groups in total. The van der Waals surface area contributed by atoms with Crippen molar-refractivity contribution in [3.05, 3.63) is 86.4 Å². The largest absolute Gasteiger partial charge is 0.545 e. The number of fused-ring (bicyclic) bond motifs is 2. The van der Waals surface area contributed by atoms with Crippen molar-refractivity contribution in [2.45, 2.75) is 0 Å². The number of para-hydroxylation sites is 2. The molecule has 28 heavy (non-hydrogen) atoms. The summed E-state index contributed by atoms with van der Waals surface area (Å²) in [6.07, 6.45) is 0. The Kier molecular flexibility index (Phi) is 9.72. The zero-order valence-corrected chi connectivity index (χ0v) is 21.7. The van der Waals surface area contributed by atoms with Gasteiger partial charge in [-0.05, 0) is 16.8 Å². The summed E-state index contributed by atoms with van der Waals surface area (Å²) in [5.74, 6) is -0.0845. The monoisotopic (exact) mass is 544 g/mol. The summed E-state index contributed by atoms with van der Waals surface area (Å²) in [5, 5.41) is 11.3. The molecule has 0 saturated heterocycles. The molecule has 0 aliphatic carbocycles. The minimum Gasteiger partial charge on any atom is -0.545 e. The summed E-state index contributed by atoms with van der Waals surface area (Å²) in [5.41, 5.74) is 1.01. The summed E-state index contributed by atoms with van der Waals surface area (Å²) in [6.45, 7) is 0. The Morgan fingerprint density at radius 1 is 0.786 bits per heavy atom. The molecule has 4 rings (SSSR count). The van der Waals surface area contributed by atoms with Gasteiger partial charge in [0.05, 0.1) is 0 Å². The van der Waals surface area contributed by atoms with E-state index < -0.39 is 0 Å². The Labute approximate surface area is 217 Å². The summed E-state index contributed by atoms with van der Waals surface area (Å²) in [7, 11) is 3.36. The third kappa shape index (κ3) is 5.20. The number of hydrogen-bond donors (Lipinski definition) is 1. The molecule has 138 valence electrons. The molecule has 2 heterocycles. The van der Waals surface area contributed by atoms with Gasteiger partial charge in [0.15, 0.2) is 11.1 Å². The van der Waals surface area contributed by atoms with Gasteiger partial charge in [-0.2, -0.15) is 6.07 Å². The Morgan fingerprint density at radius 2 is 1.21 bits per heavy atom. The van der Waals surface area contributed by atoms with Gasteiger partial charge in [-0.25, -0.2) is 0 Å². The van der Waals surface area contributed by atoms with E-state index in [1.165, 1.54) is 9.13 Å². The maximum atomic E-state index is 11.3. The van der Waals surface area contributed by atoms with Gasteiger partial charge in [-0.15, -0.1) is 45.6 Å².